The van der Waals surface area contributed by atoms with Gasteiger partial charge in [-0.15, -0.1) is 11.8 Å². The molecule has 0 amide bonds. The zero-order valence-corrected chi connectivity index (χ0v) is 9.51. The van der Waals surface area contributed by atoms with Crippen LogP contribution in [0.25, 0.3) is 16.0 Å². The second-order valence-electron chi connectivity index (χ2n) is 3.17. The van der Waals surface area contributed by atoms with Crippen LogP contribution in [-0.4, -0.2) is 21.4 Å². The fraction of sp³-hybridized carbons (Fsp3) is 0.0909. The second-order valence-corrected chi connectivity index (χ2v) is 4.07. The second kappa shape index (κ2) is 4.49. The Labute approximate surface area is 96.8 Å². The minimum absolute atomic E-state index is 0.305. The lowest BCUT2D eigenvalue weighted by atomic mass is 10.1. The molecule has 2 aromatic rings. The van der Waals surface area contributed by atoms with Gasteiger partial charge in [0.05, 0.1) is 6.20 Å². The fourth-order valence-corrected chi connectivity index (χ4v) is 1.65. The van der Waals surface area contributed by atoms with E-state index in [1.807, 2.05) is 6.26 Å². The number of H-pyrrole nitrogens is 1. The molecular weight excluding hydrogens is 225 g/mol. The van der Waals surface area contributed by atoms with E-state index in [9.17, 15) is 4.39 Å². The average molecular weight is 235 g/mol. The molecule has 0 aliphatic carbocycles. The van der Waals surface area contributed by atoms with Crippen LogP contribution in [0, 0.1) is 5.82 Å². The molecule has 0 aliphatic heterocycles. The summed E-state index contributed by atoms with van der Waals surface area (Å²) in [5, 5.41) is 6.48. The zero-order chi connectivity index (χ0) is 11.5. The van der Waals surface area contributed by atoms with Gasteiger partial charge in [0.15, 0.2) is 5.82 Å². The predicted octanol–water partition coefficient (Wildman–Crippen LogP) is 2.94. The van der Waals surface area contributed by atoms with Crippen molar-refractivity contribution < 1.29 is 4.39 Å². The highest BCUT2D eigenvalue weighted by Gasteiger charge is 2.09. The minimum atomic E-state index is -0.363. The molecule has 5 heteroatoms. The molecule has 0 saturated carbocycles. The number of nitrogens with one attached hydrogen (secondary N) is 1. The van der Waals surface area contributed by atoms with Crippen LogP contribution < -0.4 is 0 Å². The highest BCUT2D eigenvalue weighted by Crippen LogP contribution is 2.26. The Bertz CT molecular complexity index is 508. The molecule has 2 aromatic heterocycles. The highest BCUT2D eigenvalue weighted by atomic mass is 32.2. The van der Waals surface area contributed by atoms with Crippen LogP contribution in [0.5, 0.6) is 0 Å². The molecule has 16 heavy (non-hydrogen) atoms. The van der Waals surface area contributed by atoms with Gasteiger partial charge in [0.1, 0.15) is 5.69 Å². The van der Waals surface area contributed by atoms with Crippen molar-refractivity contribution in [1.29, 1.82) is 0 Å². The van der Waals surface area contributed by atoms with Crippen molar-refractivity contribution in [1.82, 2.24) is 15.2 Å². The predicted molar refractivity (Wildman–Crippen MR) is 64.3 cm³/mol. The van der Waals surface area contributed by atoms with Crippen molar-refractivity contribution >= 4 is 16.7 Å². The molecule has 1 N–H and O–H groups in total. The van der Waals surface area contributed by atoms with E-state index in [1.54, 1.807) is 18.6 Å². The van der Waals surface area contributed by atoms with Crippen molar-refractivity contribution in [2.45, 2.75) is 0 Å². The Balaban J connectivity index is 2.41. The molecule has 2 rings (SSSR count). The number of nitrogens with zero attached hydrogens (tertiary/aromatic N) is 2. The summed E-state index contributed by atoms with van der Waals surface area (Å²) in [7, 11) is 0. The van der Waals surface area contributed by atoms with Crippen LogP contribution in [0.2, 0.25) is 0 Å². The van der Waals surface area contributed by atoms with Gasteiger partial charge in [0.25, 0.3) is 0 Å². The topological polar surface area (TPSA) is 41.6 Å². The molecule has 2 heterocycles. The number of thioether (sulfide) groups is 1. The number of hydrogen-bond donors (Lipinski definition) is 1. The van der Waals surface area contributed by atoms with Crippen molar-refractivity contribution in [3.8, 4) is 11.1 Å². The summed E-state index contributed by atoms with van der Waals surface area (Å²) in [6.45, 7) is 3.74. The third-order valence-corrected chi connectivity index (χ3v) is 2.87. The van der Waals surface area contributed by atoms with Crippen molar-refractivity contribution in [2.75, 3.05) is 6.26 Å². The minimum Gasteiger partial charge on any atom is -0.285 e. The van der Waals surface area contributed by atoms with E-state index < -0.39 is 0 Å². The zero-order valence-electron chi connectivity index (χ0n) is 8.70. The molecule has 0 bridgehead atoms. The number of hydrogen-bond acceptors (Lipinski definition) is 3. The first-order valence-corrected chi connectivity index (χ1v) is 5.83. The SMILES string of the molecule is C=C(SC)c1ncc(-c2cn[nH]c2)cc1F. The number of halogens is 1. The van der Waals surface area contributed by atoms with E-state index in [0.29, 0.717) is 16.2 Å². The average Bonchev–Trinajstić information content (AvgIpc) is 2.81. The number of aromatic amines is 1. The Kier molecular flexibility index (Phi) is 3.05. The third kappa shape index (κ3) is 1.99. The summed E-state index contributed by atoms with van der Waals surface area (Å²) in [4.78, 5) is 4.69. The Morgan fingerprint density at radius 3 is 2.81 bits per heavy atom. The van der Waals surface area contributed by atoms with Crippen LogP contribution in [0.15, 0.2) is 31.2 Å². The van der Waals surface area contributed by atoms with Crippen molar-refractivity contribution in [3.63, 3.8) is 0 Å². The van der Waals surface area contributed by atoms with Gasteiger partial charge in [-0.2, -0.15) is 5.10 Å². The van der Waals surface area contributed by atoms with E-state index >= 15 is 0 Å². The van der Waals surface area contributed by atoms with E-state index in [1.165, 1.54) is 17.8 Å². The van der Waals surface area contributed by atoms with Gasteiger partial charge in [-0.3, -0.25) is 10.1 Å². The molecule has 0 radical (unpaired) electrons. The van der Waals surface area contributed by atoms with E-state index in [-0.39, 0.29) is 5.82 Å². The molecule has 0 aromatic carbocycles. The van der Waals surface area contributed by atoms with Gasteiger partial charge >= 0.3 is 0 Å². The van der Waals surface area contributed by atoms with E-state index in [0.717, 1.165) is 5.56 Å². The molecule has 3 nitrogen and oxygen atoms in total. The number of rotatable bonds is 3. The smallest absolute Gasteiger partial charge is 0.150 e. The van der Waals surface area contributed by atoms with Crippen molar-refractivity contribution in [3.05, 3.63) is 42.7 Å². The van der Waals surface area contributed by atoms with Crippen LogP contribution in [0.4, 0.5) is 4.39 Å². The molecule has 0 fully saturated rings. The molecule has 0 unspecified atom stereocenters. The molecule has 0 saturated heterocycles. The Hall–Kier alpha value is -1.62. The maximum absolute atomic E-state index is 13.7. The summed E-state index contributed by atoms with van der Waals surface area (Å²) in [6.07, 6.45) is 6.77. The van der Waals surface area contributed by atoms with Gasteiger partial charge < -0.3 is 0 Å². The van der Waals surface area contributed by atoms with Gasteiger partial charge in [-0.1, -0.05) is 6.58 Å². The Morgan fingerprint density at radius 2 is 2.25 bits per heavy atom. The lowest BCUT2D eigenvalue weighted by molar-refractivity contribution is 0.618. The van der Waals surface area contributed by atoms with E-state index in [2.05, 4.69) is 21.8 Å². The first kappa shape index (κ1) is 10.9. The van der Waals surface area contributed by atoms with Crippen LogP contribution in [0.3, 0.4) is 0 Å². The van der Waals surface area contributed by atoms with Crippen molar-refractivity contribution in [2.24, 2.45) is 0 Å². The monoisotopic (exact) mass is 235 g/mol. The van der Waals surface area contributed by atoms with Crippen LogP contribution in [0.1, 0.15) is 5.69 Å². The standard InChI is InChI=1S/C11H10FN3S/c1-7(16-2)11-10(12)3-8(4-13-11)9-5-14-15-6-9/h3-6H,1H2,2H3,(H,14,15). The third-order valence-electron chi connectivity index (χ3n) is 2.18. The maximum atomic E-state index is 13.7. The lowest BCUT2D eigenvalue weighted by Gasteiger charge is -2.04. The summed E-state index contributed by atoms with van der Waals surface area (Å²) >= 11 is 1.38. The molecular formula is C11H10FN3S. The highest BCUT2D eigenvalue weighted by molar-refractivity contribution is 8.07. The first-order chi connectivity index (χ1) is 7.72. The first-order valence-electron chi connectivity index (χ1n) is 4.60. The molecule has 0 spiro atoms. The number of pyridine rings is 1. The normalized spacial score (nSPS) is 10.4. The van der Waals surface area contributed by atoms with Gasteiger partial charge in [0, 0.05) is 28.4 Å². The number of aromatic nitrogens is 3. The molecule has 82 valence electrons. The summed E-state index contributed by atoms with van der Waals surface area (Å²) in [5.74, 6) is -0.363. The van der Waals surface area contributed by atoms with Crippen LogP contribution in [-0.2, 0) is 0 Å². The maximum Gasteiger partial charge on any atom is 0.150 e. The van der Waals surface area contributed by atoms with Gasteiger partial charge in [-0.05, 0) is 12.3 Å². The molecule has 0 atom stereocenters. The summed E-state index contributed by atoms with van der Waals surface area (Å²) in [6, 6.07) is 1.44. The largest absolute Gasteiger partial charge is 0.285 e. The van der Waals surface area contributed by atoms with Gasteiger partial charge in [0.2, 0.25) is 0 Å². The summed E-state index contributed by atoms with van der Waals surface area (Å²) in [5.41, 5.74) is 1.82. The quantitative estimate of drug-likeness (QED) is 0.889. The van der Waals surface area contributed by atoms with E-state index in [4.69, 9.17) is 0 Å². The van der Waals surface area contributed by atoms with Crippen LogP contribution >= 0.6 is 11.8 Å². The Morgan fingerprint density at radius 1 is 1.44 bits per heavy atom. The summed E-state index contributed by atoms with van der Waals surface area (Å²) < 4.78 is 13.7. The lowest BCUT2D eigenvalue weighted by Crippen LogP contribution is -1.92. The molecule has 0 aliphatic rings. The fourth-order valence-electron chi connectivity index (χ4n) is 1.31. The van der Waals surface area contributed by atoms with Gasteiger partial charge in [-0.25, -0.2) is 4.39 Å².